The highest BCUT2D eigenvalue weighted by molar-refractivity contribution is 6.62. The van der Waals surface area contributed by atoms with E-state index in [1.807, 2.05) is 23.1 Å². The van der Waals surface area contributed by atoms with Crippen molar-refractivity contribution in [2.75, 3.05) is 62.2 Å². The molecule has 202 valence electrons. The third kappa shape index (κ3) is 5.87. The van der Waals surface area contributed by atoms with Crippen LogP contribution in [0.3, 0.4) is 0 Å². The zero-order valence-corrected chi connectivity index (χ0v) is 21.4. The van der Waals surface area contributed by atoms with Gasteiger partial charge in [0, 0.05) is 45.1 Å². The van der Waals surface area contributed by atoms with Crippen LogP contribution in [-0.4, -0.2) is 87.6 Å². The second-order valence-corrected chi connectivity index (χ2v) is 9.71. The number of hydrogen-bond donors (Lipinski definition) is 2. The maximum absolute atomic E-state index is 15.1. The molecule has 0 aromatic heterocycles. The number of anilines is 2. The lowest BCUT2D eigenvalue weighted by Crippen LogP contribution is -2.47. The van der Waals surface area contributed by atoms with Crippen molar-refractivity contribution in [3.63, 3.8) is 0 Å². The Morgan fingerprint density at radius 2 is 2.05 bits per heavy atom. The number of ether oxygens (including phenoxy) is 2. The van der Waals surface area contributed by atoms with Gasteiger partial charge in [0.2, 0.25) is 5.91 Å². The molecule has 3 heterocycles. The predicted octanol–water partition coefficient (Wildman–Crippen LogP) is 1.10. The summed E-state index contributed by atoms with van der Waals surface area (Å²) in [6.07, 6.45) is -0.189. The Kier molecular flexibility index (Phi) is 8.01. The maximum atomic E-state index is 15.1. The van der Waals surface area contributed by atoms with Gasteiger partial charge in [0.25, 0.3) is 0 Å². The second-order valence-electron chi connectivity index (χ2n) is 9.71. The molecule has 2 aromatic carbocycles. The maximum Gasteiger partial charge on any atom is 0.495 e. The first kappa shape index (κ1) is 26.3. The Balaban J connectivity index is 1.07. The summed E-state index contributed by atoms with van der Waals surface area (Å²) < 4.78 is 31.5. The van der Waals surface area contributed by atoms with Gasteiger partial charge >= 0.3 is 13.2 Å². The fraction of sp³-hybridized carbons (Fsp3) is 0.462. The highest BCUT2D eigenvalue weighted by Gasteiger charge is 2.33. The van der Waals surface area contributed by atoms with Crippen molar-refractivity contribution in [3.8, 4) is 5.75 Å². The van der Waals surface area contributed by atoms with E-state index in [2.05, 4.69) is 10.2 Å². The highest BCUT2D eigenvalue weighted by atomic mass is 19.1. The number of carbonyl (C=O) groups is 2. The van der Waals surface area contributed by atoms with E-state index in [0.717, 1.165) is 37.1 Å². The Morgan fingerprint density at radius 3 is 2.82 bits per heavy atom. The largest absolute Gasteiger partial charge is 0.495 e. The number of piperazine rings is 1. The molecule has 2 aromatic rings. The number of halogens is 1. The number of amides is 2. The number of benzene rings is 2. The van der Waals surface area contributed by atoms with Crippen LogP contribution in [-0.2, 0) is 20.8 Å². The van der Waals surface area contributed by atoms with Gasteiger partial charge in [0.1, 0.15) is 17.7 Å². The van der Waals surface area contributed by atoms with Crippen molar-refractivity contribution in [3.05, 3.63) is 47.8 Å². The van der Waals surface area contributed by atoms with Gasteiger partial charge in [-0.3, -0.25) is 14.6 Å². The fourth-order valence-corrected chi connectivity index (χ4v) is 5.07. The Hall–Kier alpha value is -3.35. The lowest BCUT2D eigenvalue weighted by atomic mass is 9.79. The fourth-order valence-electron chi connectivity index (χ4n) is 5.07. The van der Waals surface area contributed by atoms with Crippen LogP contribution in [0.4, 0.5) is 20.6 Å². The molecule has 0 spiro atoms. The average molecular weight is 526 g/mol. The first-order chi connectivity index (χ1) is 18.4. The third-order valence-corrected chi connectivity index (χ3v) is 7.08. The minimum Gasteiger partial charge on any atom is -0.494 e. The van der Waals surface area contributed by atoms with Gasteiger partial charge in [-0.05, 0) is 36.2 Å². The molecule has 1 unspecified atom stereocenters. The molecule has 0 saturated carbocycles. The molecule has 2 saturated heterocycles. The van der Waals surface area contributed by atoms with E-state index in [1.54, 1.807) is 12.1 Å². The van der Waals surface area contributed by atoms with Gasteiger partial charge in [-0.2, -0.15) is 0 Å². The number of fused-ring (bicyclic) bond motifs is 1. The minimum absolute atomic E-state index is 0.199. The van der Waals surface area contributed by atoms with Crippen LogP contribution < -0.4 is 25.3 Å². The number of nitrogens with zero attached hydrogens (tertiary/aromatic N) is 3. The molecule has 12 heteroatoms. The molecule has 2 amide bonds. The quantitative estimate of drug-likeness (QED) is 0.370. The molecule has 5 rings (SSSR count). The molecule has 0 bridgehead atoms. The normalized spacial score (nSPS) is 19.5. The number of carbonyl (C=O) groups excluding carboxylic acids is 2. The molecule has 2 N–H and O–H groups in total. The van der Waals surface area contributed by atoms with E-state index in [9.17, 15) is 14.6 Å². The van der Waals surface area contributed by atoms with Gasteiger partial charge in [-0.25, -0.2) is 9.18 Å². The van der Waals surface area contributed by atoms with Crippen LogP contribution in [0, 0.1) is 5.82 Å². The van der Waals surface area contributed by atoms with Crippen LogP contribution in [0.15, 0.2) is 36.4 Å². The molecular formula is C26H32BFN4O6. The molecule has 38 heavy (non-hydrogen) atoms. The van der Waals surface area contributed by atoms with Crippen molar-refractivity contribution >= 4 is 36.0 Å². The van der Waals surface area contributed by atoms with Crippen molar-refractivity contribution in [1.29, 1.82) is 0 Å². The Labute approximate surface area is 221 Å². The van der Waals surface area contributed by atoms with E-state index < -0.39 is 19.3 Å². The van der Waals surface area contributed by atoms with Crippen molar-refractivity contribution < 1.29 is 33.1 Å². The van der Waals surface area contributed by atoms with Gasteiger partial charge in [0.15, 0.2) is 0 Å². The van der Waals surface area contributed by atoms with Crippen molar-refractivity contribution in [2.45, 2.75) is 26.1 Å². The van der Waals surface area contributed by atoms with E-state index in [0.29, 0.717) is 43.4 Å². The van der Waals surface area contributed by atoms with E-state index in [-0.39, 0.29) is 24.8 Å². The summed E-state index contributed by atoms with van der Waals surface area (Å²) in [5, 5.41) is 12.6. The highest BCUT2D eigenvalue weighted by Crippen LogP contribution is 2.28. The van der Waals surface area contributed by atoms with Crippen molar-refractivity contribution in [1.82, 2.24) is 10.2 Å². The van der Waals surface area contributed by atoms with E-state index in [1.165, 1.54) is 17.9 Å². The van der Waals surface area contributed by atoms with Gasteiger partial charge in [-0.1, -0.05) is 12.1 Å². The number of cyclic esters (lactones) is 1. The summed E-state index contributed by atoms with van der Waals surface area (Å²) in [4.78, 5) is 29.1. The zero-order chi connectivity index (χ0) is 26.6. The summed E-state index contributed by atoms with van der Waals surface area (Å²) >= 11 is 0. The zero-order valence-electron chi connectivity index (χ0n) is 21.4. The standard InChI is InChI=1S/C26H32BFN4O6/c1-18(33)29-15-21-16-32(26(34)38-21)20-6-7-23(22(28)14-20)31-11-9-30(10-12-31)8-3-13-36-24-5-2-4-19-17-37-27(35)25(19)24/h2,4-7,14,21,35H,3,8-13,15-17H2,1H3,(H,29,33). The SMILES string of the molecule is CC(=O)NCC1CN(c2ccc(N3CCN(CCCOc4cccc5c4B(O)OC5)CC3)c(F)c2)C(=O)O1. The van der Waals surface area contributed by atoms with E-state index >= 15 is 4.39 Å². The lowest BCUT2D eigenvalue weighted by Gasteiger charge is -2.36. The van der Waals surface area contributed by atoms with Gasteiger partial charge in [0.05, 0.1) is 37.7 Å². The summed E-state index contributed by atoms with van der Waals surface area (Å²) in [7, 11) is -0.931. The summed E-state index contributed by atoms with van der Waals surface area (Å²) in [5.41, 5.74) is 2.62. The second kappa shape index (κ2) is 11.6. The molecule has 1 atom stereocenters. The smallest absolute Gasteiger partial charge is 0.494 e. The molecule has 0 aliphatic carbocycles. The van der Waals surface area contributed by atoms with Crippen LogP contribution >= 0.6 is 0 Å². The van der Waals surface area contributed by atoms with Crippen LogP contribution in [0.2, 0.25) is 0 Å². The molecule has 3 aliphatic rings. The molecule has 3 aliphatic heterocycles. The number of rotatable bonds is 9. The Bertz CT molecular complexity index is 1180. The topological polar surface area (TPSA) is 104 Å². The van der Waals surface area contributed by atoms with Crippen LogP contribution in [0.1, 0.15) is 18.9 Å². The van der Waals surface area contributed by atoms with Gasteiger partial charge in [-0.15, -0.1) is 0 Å². The molecule has 2 fully saturated rings. The number of hydrogen-bond acceptors (Lipinski definition) is 8. The Morgan fingerprint density at radius 1 is 1.24 bits per heavy atom. The molecule has 10 nitrogen and oxygen atoms in total. The first-order valence-corrected chi connectivity index (χ1v) is 12.9. The minimum atomic E-state index is -0.931. The van der Waals surface area contributed by atoms with Crippen molar-refractivity contribution in [2.24, 2.45) is 0 Å². The third-order valence-electron chi connectivity index (χ3n) is 7.08. The van der Waals surface area contributed by atoms with E-state index in [4.69, 9.17) is 14.1 Å². The predicted molar refractivity (Wildman–Crippen MR) is 140 cm³/mol. The summed E-state index contributed by atoms with van der Waals surface area (Å²) in [6, 6.07) is 10.5. The monoisotopic (exact) mass is 526 g/mol. The number of nitrogens with one attached hydrogen (secondary N) is 1. The summed E-state index contributed by atoms with van der Waals surface area (Å²) in [5.74, 6) is 0.0837. The van der Waals surface area contributed by atoms with Crippen LogP contribution in [0.5, 0.6) is 5.75 Å². The molecule has 0 radical (unpaired) electrons. The molecular weight excluding hydrogens is 494 g/mol. The lowest BCUT2D eigenvalue weighted by molar-refractivity contribution is -0.119. The van der Waals surface area contributed by atoms with Gasteiger partial charge < -0.3 is 29.4 Å². The first-order valence-electron chi connectivity index (χ1n) is 12.9. The van der Waals surface area contributed by atoms with Crippen LogP contribution in [0.25, 0.3) is 0 Å². The summed E-state index contributed by atoms with van der Waals surface area (Å²) in [6.45, 7) is 6.65. The average Bonchev–Trinajstić information content (AvgIpc) is 3.48.